The predicted molar refractivity (Wildman–Crippen MR) is 66.5 cm³/mol. The van der Waals surface area contributed by atoms with E-state index in [9.17, 15) is 9.18 Å². The molecule has 1 aromatic heterocycles. The molecule has 0 unspecified atom stereocenters. The highest BCUT2D eigenvalue weighted by Gasteiger charge is 2.09. The number of aryl methyl sites for hydroxylation is 2. The van der Waals surface area contributed by atoms with Gasteiger partial charge in [0.05, 0.1) is 0 Å². The molecule has 0 radical (unpaired) electrons. The summed E-state index contributed by atoms with van der Waals surface area (Å²) >= 11 is 5.91. The Hall–Kier alpha value is -1.81. The van der Waals surface area contributed by atoms with Gasteiger partial charge in [0.25, 0.3) is 0 Å². The molecule has 5 heteroatoms. The number of carbonyl (C=O) groups is 1. The highest BCUT2D eigenvalue weighted by atomic mass is 35.5. The van der Waals surface area contributed by atoms with Crippen molar-refractivity contribution in [2.75, 3.05) is 0 Å². The van der Waals surface area contributed by atoms with Gasteiger partial charge in [-0.3, -0.25) is 0 Å². The van der Waals surface area contributed by atoms with Crippen LogP contribution in [-0.4, -0.2) is 15.6 Å². The molecule has 94 valence electrons. The Bertz CT molecular complexity index is 580. The van der Waals surface area contributed by atoms with Gasteiger partial charge in [-0.15, -0.1) is 0 Å². The first-order valence-corrected chi connectivity index (χ1v) is 5.78. The van der Waals surface area contributed by atoms with Crippen molar-refractivity contribution in [3.63, 3.8) is 0 Å². The lowest BCUT2D eigenvalue weighted by atomic mass is 10.1. The second-order valence-electron chi connectivity index (χ2n) is 3.88. The molecule has 0 atom stereocenters. The summed E-state index contributed by atoms with van der Waals surface area (Å²) in [6.07, 6.45) is 2.24. The summed E-state index contributed by atoms with van der Waals surface area (Å²) < 4.78 is 14.5. The number of hydrogen-bond donors (Lipinski definition) is 1. The van der Waals surface area contributed by atoms with Crippen LogP contribution in [0, 0.1) is 5.82 Å². The Morgan fingerprint density at radius 3 is 2.83 bits per heavy atom. The van der Waals surface area contributed by atoms with E-state index in [1.165, 1.54) is 18.2 Å². The number of nitrogens with zero attached hydrogens (tertiary/aromatic N) is 1. The first-order valence-electron chi connectivity index (χ1n) is 5.40. The summed E-state index contributed by atoms with van der Waals surface area (Å²) in [5.74, 6) is -1.35. The van der Waals surface area contributed by atoms with Crippen LogP contribution >= 0.6 is 11.6 Å². The third kappa shape index (κ3) is 2.71. The van der Waals surface area contributed by atoms with Crippen molar-refractivity contribution in [1.29, 1.82) is 0 Å². The van der Waals surface area contributed by atoms with Crippen molar-refractivity contribution in [2.45, 2.75) is 13.0 Å². The van der Waals surface area contributed by atoms with Gasteiger partial charge in [-0.25, -0.2) is 9.18 Å². The van der Waals surface area contributed by atoms with Crippen LogP contribution in [0.25, 0.3) is 0 Å². The molecule has 0 saturated carbocycles. The summed E-state index contributed by atoms with van der Waals surface area (Å²) in [6, 6.07) is 7.42. The lowest BCUT2D eigenvalue weighted by Gasteiger charge is -2.07. The van der Waals surface area contributed by atoms with Crippen LogP contribution in [0.5, 0.6) is 0 Å². The highest BCUT2D eigenvalue weighted by Crippen LogP contribution is 2.18. The average Bonchev–Trinajstić information content (AvgIpc) is 2.76. The van der Waals surface area contributed by atoms with E-state index in [0.29, 0.717) is 18.0 Å². The van der Waals surface area contributed by atoms with E-state index in [1.807, 2.05) is 0 Å². The number of benzene rings is 1. The molecule has 1 heterocycles. The summed E-state index contributed by atoms with van der Waals surface area (Å²) in [5.41, 5.74) is 1.02. The number of aromatic nitrogens is 1. The third-order valence-electron chi connectivity index (χ3n) is 2.69. The predicted octanol–water partition coefficient (Wildman–Crippen LogP) is 3.22. The van der Waals surface area contributed by atoms with Crippen LogP contribution in [0.2, 0.25) is 5.02 Å². The fraction of sp³-hybridized carbons (Fsp3) is 0.154. The summed E-state index contributed by atoms with van der Waals surface area (Å²) in [7, 11) is 0. The van der Waals surface area contributed by atoms with Gasteiger partial charge in [-0.1, -0.05) is 17.7 Å². The molecule has 1 N–H and O–H groups in total. The van der Waals surface area contributed by atoms with Gasteiger partial charge in [0.15, 0.2) is 0 Å². The fourth-order valence-corrected chi connectivity index (χ4v) is 2.03. The maximum atomic E-state index is 12.9. The normalized spacial score (nSPS) is 10.6. The van der Waals surface area contributed by atoms with E-state index in [-0.39, 0.29) is 11.5 Å². The fourth-order valence-electron chi connectivity index (χ4n) is 1.77. The number of halogens is 2. The maximum Gasteiger partial charge on any atom is 0.352 e. The van der Waals surface area contributed by atoms with Gasteiger partial charge in [0.2, 0.25) is 0 Å². The molecule has 0 fully saturated rings. The topological polar surface area (TPSA) is 42.2 Å². The SMILES string of the molecule is O=C(O)c1cccn1CCc1ccc(F)cc1Cl. The van der Waals surface area contributed by atoms with Gasteiger partial charge in [0, 0.05) is 17.8 Å². The molecule has 0 spiro atoms. The molecule has 18 heavy (non-hydrogen) atoms. The van der Waals surface area contributed by atoms with Gasteiger partial charge >= 0.3 is 5.97 Å². The smallest absolute Gasteiger partial charge is 0.352 e. The number of carboxylic acids is 1. The Balaban J connectivity index is 2.11. The number of aromatic carboxylic acids is 1. The van der Waals surface area contributed by atoms with Gasteiger partial charge in [-0.05, 0) is 36.2 Å². The molecule has 0 amide bonds. The summed E-state index contributed by atoms with van der Waals surface area (Å²) in [6.45, 7) is 0.486. The zero-order chi connectivity index (χ0) is 13.1. The molecule has 0 aliphatic heterocycles. The van der Waals surface area contributed by atoms with Crippen LogP contribution in [0.1, 0.15) is 16.1 Å². The number of carboxylic acid groups (broad SMARTS) is 1. The Morgan fingerprint density at radius 1 is 1.39 bits per heavy atom. The second kappa shape index (κ2) is 5.23. The van der Waals surface area contributed by atoms with E-state index in [2.05, 4.69) is 0 Å². The van der Waals surface area contributed by atoms with Crippen molar-refractivity contribution in [2.24, 2.45) is 0 Å². The standard InChI is InChI=1S/C13H11ClFNO2/c14-11-8-10(15)4-3-9(11)5-7-16-6-1-2-12(16)13(17)18/h1-4,6,8H,5,7H2,(H,17,18). The largest absolute Gasteiger partial charge is 0.477 e. The van der Waals surface area contributed by atoms with Crippen molar-refractivity contribution in [3.05, 3.63) is 58.6 Å². The Labute approximate surface area is 108 Å². The van der Waals surface area contributed by atoms with E-state index >= 15 is 0 Å². The minimum atomic E-state index is -0.967. The van der Waals surface area contributed by atoms with Crippen LogP contribution in [0.4, 0.5) is 4.39 Å². The molecule has 1 aromatic carbocycles. The number of hydrogen-bond acceptors (Lipinski definition) is 1. The minimum absolute atomic E-state index is 0.230. The van der Waals surface area contributed by atoms with Gasteiger partial charge in [-0.2, -0.15) is 0 Å². The van der Waals surface area contributed by atoms with Crippen molar-refractivity contribution < 1.29 is 14.3 Å². The van der Waals surface area contributed by atoms with Gasteiger partial charge in [0.1, 0.15) is 11.5 Å². The third-order valence-corrected chi connectivity index (χ3v) is 3.04. The van der Waals surface area contributed by atoms with Gasteiger partial charge < -0.3 is 9.67 Å². The van der Waals surface area contributed by atoms with Crippen molar-refractivity contribution in [3.8, 4) is 0 Å². The Kier molecular flexibility index (Phi) is 3.67. The van der Waals surface area contributed by atoms with E-state index in [4.69, 9.17) is 16.7 Å². The van der Waals surface area contributed by atoms with Crippen LogP contribution in [0.3, 0.4) is 0 Å². The average molecular weight is 268 g/mol. The molecule has 0 aliphatic rings. The molecule has 0 bridgehead atoms. The van der Waals surface area contributed by atoms with Crippen LogP contribution in [0.15, 0.2) is 36.5 Å². The molecule has 0 saturated heterocycles. The first kappa shape index (κ1) is 12.6. The van der Waals surface area contributed by atoms with Crippen LogP contribution in [-0.2, 0) is 13.0 Å². The quantitative estimate of drug-likeness (QED) is 0.924. The zero-order valence-electron chi connectivity index (χ0n) is 9.44. The monoisotopic (exact) mass is 267 g/mol. The Morgan fingerprint density at radius 2 is 2.17 bits per heavy atom. The van der Waals surface area contributed by atoms with Crippen molar-refractivity contribution in [1.82, 2.24) is 4.57 Å². The van der Waals surface area contributed by atoms with E-state index < -0.39 is 5.97 Å². The lowest BCUT2D eigenvalue weighted by Crippen LogP contribution is -2.09. The molecule has 0 aliphatic carbocycles. The molecular formula is C13H11ClFNO2. The van der Waals surface area contributed by atoms with Crippen LogP contribution < -0.4 is 0 Å². The summed E-state index contributed by atoms with van der Waals surface area (Å²) in [4.78, 5) is 10.9. The maximum absolute atomic E-state index is 12.9. The summed E-state index contributed by atoms with van der Waals surface area (Å²) in [5, 5.41) is 9.31. The molecular weight excluding hydrogens is 257 g/mol. The molecule has 2 rings (SSSR count). The van der Waals surface area contributed by atoms with E-state index in [1.54, 1.807) is 22.9 Å². The van der Waals surface area contributed by atoms with E-state index in [0.717, 1.165) is 5.56 Å². The second-order valence-corrected chi connectivity index (χ2v) is 4.28. The molecule has 3 nitrogen and oxygen atoms in total. The lowest BCUT2D eigenvalue weighted by molar-refractivity contribution is 0.0685. The number of rotatable bonds is 4. The zero-order valence-corrected chi connectivity index (χ0v) is 10.2. The highest BCUT2D eigenvalue weighted by molar-refractivity contribution is 6.31. The van der Waals surface area contributed by atoms with Crippen molar-refractivity contribution >= 4 is 17.6 Å². The minimum Gasteiger partial charge on any atom is -0.477 e. The first-order chi connectivity index (χ1) is 8.58. The molecule has 2 aromatic rings.